The van der Waals surface area contributed by atoms with Crippen molar-refractivity contribution < 1.29 is 27.9 Å². The number of alkyl carbamates (subject to hydrolysis) is 1. The summed E-state index contributed by atoms with van der Waals surface area (Å²) < 4.78 is 34.0. The number of hydrogen-bond donors (Lipinski definition) is 1. The molecule has 0 saturated carbocycles. The Labute approximate surface area is 245 Å². The third-order valence-electron chi connectivity index (χ3n) is 6.90. The van der Waals surface area contributed by atoms with Crippen molar-refractivity contribution in [1.82, 2.24) is 20.0 Å². The highest BCUT2D eigenvalue weighted by molar-refractivity contribution is 6.30. The standard InChI is InChI=1S/C30H39ClF2N4O4/c1-6-35(7-2)28(39)26(23-13-12-22(32)19-24(23)33)36-14-16-37(17-15-36)27(38)25(34-29(40)41-30(3,4)5)18-20-8-10-21(31)11-9-20/h8-13,19,25-26H,6-7,14-18H2,1-5H3,(H,34,40)/t25-,26?/m1/s1. The van der Waals surface area contributed by atoms with E-state index in [9.17, 15) is 23.2 Å². The summed E-state index contributed by atoms with van der Waals surface area (Å²) in [5.41, 5.74) is 0.153. The predicted molar refractivity (Wildman–Crippen MR) is 153 cm³/mol. The number of nitrogens with zero attached hydrogens (tertiary/aromatic N) is 3. The van der Waals surface area contributed by atoms with Crippen molar-refractivity contribution >= 4 is 29.5 Å². The summed E-state index contributed by atoms with van der Waals surface area (Å²) in [6, 6.07) is 8.37. The van der Waals surface area contributed by atoms with E-state index >= 15 is 0 Å². The van der Waals surface area contributed by atoms with E-state index in [1.807, 2.05) is 18.7 Å². The second-order valence-electron chi connectivity index (χ2n) is 11.0. The first-order valence-corrected chi connectivity index (χ1v) is 14.2. The summed E-state index contributed by atoms with van der Waals surface area (Å²) in [6.45, 7) is 10.8. The summed E-state index contributed by atoms with van der Waals surface area (Å²) in [5.74, 6) is -2.10. The average molecular weight is 593 g/mol. The molecule has 2 aromatic carbocycles. The lowest BCUT2D eigenvalue weighted by molar-refractivity contribution is -0.140. The minimum absolute atomic E-state index is 0.0929. The van der Waals surface area contributed by atoms with Crippen LogP contribution in [0.5, 0.6) is 0 Å². The molecule has 3 amide bonds. The van der Waals surface area contributed by atoms with Crippen molar-refractivity contribution in [3.63, 3.8) is 0 Å². The molecule has 11 heteroatoms. The Morgan fingerprint density at radius 1 is 1.00 bits per heavy atom. The molecule has 1 aliphatic rings. The number of carbonyl (C=O) groups is 3. The van der Waals surface area contributed by atoms with E-state index in [4.69, 9.17) is 16.3 Å². The van der Waals surface area contributed by atoms with Crippen LogP contribution in [-0.2, 0) is 20.7 Å². The van der Waals surface area contributed by atoms with Crippen molar-refractivity contribution in [1.29, 1.82) is 0 Å². The van der Waals surface area contributed by atoms with Crippen LogP contribution in [0.3, 0.4) is 0 Å². The molecule has 0 spiro atoms. The van der Waals surface area contributed by atoms with Gasteiger partial charge in [0.1, 0.15) is 29.3 Å². The van der Waals surface area contributed by atoms with Crippen molar-refractivity contribution in [2.75, 3.05) is 39.3 Å². The van der Waals surface area contributed by atoms with Gasteiger partial charge in [-0.2, -0.15) is 0 Å². The van der Waals surface area contributed by atoms with Crippen LogP contribution >= 0.6 is 11.6 Å². The minimum Gasteiger partial charge on any atom is -0.444 e. The smallest absolute Gasteiger partial charge is 0.408 e. The summed E-state index contributed by atoms with van der Waals surface area (Å²) in [6.07, 6.45) is -0.487. The zero-order valence-corrected chi connectivity index (χ0v) is 25.0. The molecule has 0 aromatic heterocycles. The molecule has 1 N–H and O–H groups in total. The first kappa shape index (κ1) is 32.3. The van der Waals surface area contributed by atoms with Gasteiger partial charge in [0, 0.05) is 62.3 Å². The summed E-state index contributed by atoms with van der Waals surface area (Å²) in [4.78, 5) is 44.8. The van der Waals surface area contributed by atoms with E-state index in [-0.39, 0.29) is 50.0 Å². The third kappa shape index (κ3) is 8.87. The number of rotatable bonds is 9. The summed E-state index contributed by atoms with van der Waals surface area (Å²) >= 11 is 6.01. The first-order valence-electron chi connectivity index (χ1n) is 13.8. The lowest BCUT2D eigenvalue weighted by atomic mass is 10.0. The molecular weight excluding hydrogens is 554 g/mol. The Kier molecular flexibility index (Phi) is 11.1. The van der Waals surface area contributed by atoms with Gasteiger partial charge in [0.15, 0.2) is 0 Å². The van der Waals surface area contributed by atoms with Crippen molar-refractivity contribution in [3.05, 3.63) is 70.2 Å². The van der Waals surface area contributed by atoms with Crippen molar-refractivity contribution in [2.24, 2.45) is 0 Å². The maximum Gasteiger partial charge on any atom is 0.408 e. The van der Waals surface area contributed by atoms with Crippen molar-refractivity contribution in [3.8, 4) is 0 Å². The number of piperazine rings is 1. The highest BCUT2D eigenvalue weighted by atomic mass is 35.5. The topological polar surface area (TPSA) is 82.2 Å². The number of ether oxygens (including phenoxy) is 1. The quantitative estimate of drug-likeness (QED) is 0.452. The highest BCUT2D eigenvalue weighted by Gasteiger charge is 2.37. The van der Waals surface area contributed by atoms with Crippen LogP contribution in [-0.4, -0.2) is 83.5 Å². The molecule has 41 heavy (non-hydrogen) atoms. The van der Waals surface area contributed by atoms with E-state index in [2.05, 4.69) is 5.32 Å². The molecule has 8 nitrogen and oxygen atoms in total. The molecule has 1 unspecified atom stereocenters. The van der Waals surface area contributed by atoms with Gasteiger partial charge in [-0.25, -0.2) is 13.6 Å². The van der Waals surface area contributed by atoms with Gasteiger partial charge in [0.25, 0.3) is 0 Å². The van der Waals surface area contributed by atoms with E-state index in [0.29, 0.717) is 18.1 Å². The largest absolute Gasteiger partial charge is 0.444 e. The molecule has 3 rings (SSSR count). The van der Waals surface area contributed by atoms with Crippen LogP contribution in [0.4, 0.5) is 13.6 Å². The molecule has 0 aliphatic carbocycles. The number of nitrogens with one attached hydrogen (secondary N) is 1. The fraction of sp³-hybridized carbons (Fsp3) is 0.500. The second-order valence-corrected chi connectivity index (χ2v) is 11.4. The molecule has 224 valence electrons. The van der Waals surface area contributed by atoms with Crippen LogP contribution in [0.2, 0.25) is 5.02 Å². The first-order chi connectivity index (χ1) is 19.3. The lowest BCUT2D eigenvalue weighted by Crippen LogP contribution is -2.57. The number of halogens is 3. The van der Waals surface area contributed by atoms with Gasteiger partial charge in [0.05, 0.1) is 0 Å². The maximum absolute atomic E-state index is 14.9. The van der Waals surface area contributed by atoms with Gasteiger partial charge < -0.3 is 19.9 Å². The Bertz CT molecular complexity index is 1210. The lowest BCUT2D eigenvalue weighted by Gasteiger charge is -2.41. The predicted octanol–water partition coefficient (Wildman–Crippen LogP) is 4.81. The Hall–Kier alpha value is -3.24. The summed E-state index contributed by atoms with van der Waals surface area (Å²) in [7, 11) is 0. The van der Waals surface area contributed by atoms with Gasteiger partial charge in [-0.15, -0.1) is 0 Å². The second kappa shape index (κ2) is 14.1. The molecule has 2 atom stereocenters. The Balaban J connectivity index is 1.80. The van der Waals surface area contributed by atoms with Crippen molar-refractivity contribution in [2.45, 2.75) is 58.7 Å². The molecule has 1 fully saturated rings. The van der Waals surface area contributed by atoms with Crippen LogP contribution in [0.15, 0.2) is 42.5 Å². The number of hydrogen-bond acceptors (Lipinski definition) is 5. The van der Waals surface area contributed by atoms with E-state index < -0.39 is 35.4 Å². The molecule has 0 bridgehead atoms. The van der Waals surface area contributed by atoms with Gasteiger partial charge in [-0.1, -0.05) is 29.8 Å². The Morgan fingerprint density at radius 2 is 1.61 bits per heavy atom. The highest BCUT2D eigenvalue weighted by Crippen LogP contribution is 2.28. The van der Waals surface area contributed by atoms with Crippen LogP contribution in [0.25, 0.3) is 0 Å². The molecular formula is C30H39ClF2N4O4. The monoisotopic (exact) mass is 592 g/mol. The number of likely N-dealkylation sites (N-methyl/N-ethyl adjacent to an activating group) is 1. The SMILES string of the molecule is CCN(CC)C(=O)C(c1ccc(F)cc1F)N1CCN(C(=O)[C@@H](Cc2ccc(Cl)cc2)NC(=O)OC(C)(C)C)CC1. The van der Waals surface area contributed by atoms with E-state index in [1.54, 1.807) is 54.8 Å². The molecule has 0 radical (unpaired) electrons. The number of benzene rings is 2. The zero-order chi connectivity index (χ0) is 30.3. The molecule has 1 saturated heterocycles. The van der Waals surface area contributed by atoms with Gasteiger partial charge in [-0.3, -0.25) is 14.5 Å². The maximum atomic E-state index is 14.9. The molecule has 1 heterocycles. The fourth-order valence-corrected chi connectivity index (χ4v) is 4.97. The number of amides is 3. The molecule has 2 aromatic rings. The fourth-order valence-electron chi connectivity index (χ4n) is 4.84. The Morgan fingerprint density at radius 3 is 2.15 bits per heavy atom. The van der Waals surface area contributed by atoms with Gasteiger partial charge in [-0.05, 0) is 58.4 Å². The number of carbonyl (C=O) groups excluding carboxylic acids is 3. The minimum atomic E-state index is -0.961. The van der Waals surface area contributed by atoms with E-state index in [1.165, 1.54) is 6.07 Å². The van der Waals surface area contributed by atoms with Crippen LogP contribution in [0, 0.1) is 11.6 Å². The van der Waals surface area contributed by atoms with Gasteiger partial charge >= 0.3 is 6.09 Å². The molecule has 1 aliphatic heterocycles. The van der Waals surface area contributed by atoms with E-state index in [0.717, 1.165) is 17.7 Å². The normalized spacial score (nSPS) is 15.7. The summed E-state index contributed by atoms with van der Waals surface area (Å²) in [5, 5.41) is 3.26. The third-order valence-corrected chi connectivity index (χ3v) is 7.15. The zero-order valence-electron chi connectivity index (χ0n) is 24.3. The van der Waals surface area contributed by atoms with Crippen LogP contribution < -0.4 is 5.32 Å². The van der Waals surface area contributed by atoms with Crippen LogP contribution in [0.1, 0.15) is 51.8 Å². The van der Waals surface area contributed by atoms with Gasteiger partial charge in [0.2, 0.25) is 11.8 Å². The average Bonchev–Trinajstić information content (AvgIpc) is 2.90.